The van der Waals surface area contributed by atoms with Crippen molar-refractivity contribution in [3.63, 3.8) is 0 Å². The second-order valence-electron chi connectivity index (χ2n) is 4.44. The molecular weight excluding hydrogens is 217 g/mol. The van der Waals surface area contributed by atoms with E-state index in [1.807, 2.05) is 0 Å². The molecule has 1 fully saturated rings. The van der Waals surface area contributed by atoms with Gasteiger partial charge in [-0.2, -0.15) is 5.26 Å². The van der Waals surface area contributed by atoms with Crippen LogP contribution < -0.4 is 5.32 Å². The third-order valence-electron chi connectivity index (χ3n) is 3.20. The Bertz CT molecular complexity index is 439. The number of hydrogen-bond acceptors (Lipinski definition) is 3. The molecule has 0 amide bonds. The number of nitriles is 1. The van der Waals surface area contributed by atoms with Crippen molar-refractivity contribution in [2.75, 3.05) is 19.6 Å². The van der Waals surface area contributed by atoms with Gasteiger partial charge in [0.15, 0.2) is 0 Å². The van der Waals surface area contributed by atoms with Gasteiger partial charge in [0.2, 0.25) is 0 Å². The molecule has 0 bridgehead atoms. The first-order valence-corrected chi connectivity index (χ1v) is 5.84. The van der Waals surface area contributed by atoms with Gasteiger partial charge >= 0.3 is 0 Å². The lowest BCUT2D eigenvalue weighted by Gasteiger charge is -2.34. The van der Waals surface area contributed by atoms with Gasteiger partial charge in [-0.05, 0) is 30.7 Å². The van der Waals surface area contributed by atoms with Crippen molar-refractivity contribution >= 4 is 0 Å². The fourth-order valence-corrected chi connectivity index (χ4v) is 2.14. The van der Waals surface area contributed by atoms with Crippen LogP contribution in [0.3, 0.4) is 0 Å². The molecule has 0 radical (unpaired) electrons. The molecule has 0 saturated carbocycles. The van der Waals surface area contributed by atoms with Crippen LogP contribution in [0.2, 0.25) is 0 Å². The standard InChI is InChI=1S/C13H16FN3/c1-10-8-16-4-5-17(10)9-12-6-13(14)3-2-11(12)7-15/h2-3,6,10,16H,4-5,8-9H2,1H3. The summed E-state index contributed by atoms with van der Waals surface area (Å²) in [5.74, 6) is -0.276. The predicted octanol–water partition coefficient (Wildman–Crippen LogP) is 1.49. The molecule has 1 atom stereocenters. The van der Waals surface area contributed by atoms with E-state index in [0.717, 1.165) is 25.2 Å². The normalized spacial score (nSPS) is 21.1. The van der Waals surface area contributed by atoms with E-state index in [4.69, 9.17) is 5.26 Å². The summed E-state index contributed by atoms with van der Waals surface area (Å²) in [5, 5.41) is 12.3. The quantitative estimate of drug-likeness (QED) is 0.841. The summed E-state index contributed by atoms with van der Waals surface area (Å²) in [6.07, 6.45) is 0. The molecule has 1 aromatic carbocycles. The van der Waals surface area contributed by atoms with Crippen molar-refractivity contribution in [1.29, 1.82) is 5.26 Å². The topological polar surface area (TPSA) is 39.1 Å². The minimum atomic E-state index is -0.276. The summed E-state index contributed by atoms with van der Waals surface area (Å²) in [5.41, 5.74) is 1.35. The highest BCUT2D eigenvalue weighted by atomic mass is 19.1. The van der Waals surface area contributed by atoms with Gasteiger partial charge in [0.25, 0.3) is 0 Å². The molecule has 90 valence electrons. The lowest BCUT2D eigenvalue weighted by molar-refractivity contribution is 0.165. The lowest BCUT2D eigenvalue weighted by atomic mass is 10.1. The second-order valence-corrected chi connectivity index (χ2v) is 4.44. The van der Waals surface area contributed by atoms with E-state index in [1.165, 1.54) is 12.1 Å². The second kappa shape index (κ2) is 5.26. The molecule has 4 heteroatoms. The van der Waals surface area contributed by atoms with Gasteiger partial charge in [0.1, 0.15) is 5.82 Å². The molecule has 1 heterocycles. The van der Waals surface area contributed by atoms with Gasteiger partial charge < -0.3 is 5.32 Å². The van der Waals surface area contributed by atoms with Crippen LogP contribution in [0.15, 0.2) is 18.2 Å². The van der Waals surface area contributed by atoms with Crippen molar-refractivity contribution in [2.24, 2.45) is 0 Å². The maximum atomic E-state index is 13.2. The summed E-state index contributed by atoms with van der Waals surface area (Å²) in [6.45, 7) is 5.60. The zero-order chi connectivity index (χ0) is 12.3. The average Bonchev–Trinajstić information content (AvgIpc) is 2.32. The summed E-state index contributed by atoms with van der Waals surface area (Å²) in [6, 6.07) is 6.89. The van der Waals surface area contributed by atoms with Crippen molar-refractivity contribution in [1.82, 2.24) is 10.2 Å². The first kappa shape index (κ1) is 12.0. The molecule has 1 aliphatic rings. The molecular formula is C13H16FN3. The first-order valence-electron chi connectivity index (χ1n) is 5.84. The maximum Gasteiger partial charge on any atom is 0.123 e. The molecule has 0 spiro atoms. The molecule has 0 aromatic heterocycles. The highest BCUT2D eigenvalue weighted by molar-refractivity contribution is 5.37. The molecule has 0 aliphatic carbocycles. The fraction of sp³-hybridized carbons (Fsp3) is 0.462. The van der Waals surface area contributed by atoms with E-state index in [9.17, 15) is 4.39 Å². The molecule has 17 heavy (non-hydrogen) atoms. The Morgan fingerprint density at radius 3 is 3.12 bits per heavy atom. The van der Waals surface area contributed by atoms with Crippen LogP contribution in [-0.2, 0) is 6.54 Å². The largest absolute Gasteiger partial charge is 0.314 e. The van der Waals surface area contributed by atoms with Crippen molar-refractivity contribution in [2.45, 2.75) is 19.5 Å². The van der Waals surface area contributed by atoms with E-state index < -0.39 is 0 Å². The van der Waals surface area contributed by atoms with E-state index in [1.54, 1.807) is 6.07 Å². The van der Waals surface area contributed by atoms with Gasteiger partial charge in [0, 0.05) is 32.2 Å². The smallest absolute Gasteiger partial charge is 0.123 e. The minimum absolute atomic E-state index is 0.276. The van der Waals surface area contributed by atoms with Gasteiger partial charge in [-0.3, -0.25) is 4.90 Å². The summed E-state index contributed by atoms with van der Waals surface area (Å²) >= 11 is 0. The van der Waals surface area contributed by atoms with Gasteiger partial charge in [-0.15, -0.1) is 0 Å². The fourth-order valence-electron chi connectivity index (χ4n) is 2.14. The number of nitrogens with one attached hydrogen (secondary N) is 1. The van der Waals surface area contributed by atoms with Crippen LogP contribution in [0.5, 0.6) is 0 Å². The number of rotatable bonds is 2. The SMILES string of the molecule is CC1CNCCN1Cc1cc(F)ccc1C#N. The Labute approximate surface area is 101 Å². The summed E-state index contributed by atoms with van der Waals surface area (Å²) < 4.78 is 13.2. The lowest BCUT2D eigenvalue weighted by Crippen LogP contribution is -2.49. The van der Waals surface area contributed by atoms with Crippen LogP contribution in [-0.4, -0.2) is 30.6 Å². The van der Waals surface area contributed by atoms with Crippen LogP contribution in [0.1, 0.15) is 18.1 Å². The molecule has 1 saturated heterocycles. The van der Waals surface area contributed by atoms with Crippen molar-refractivity contribution < 1.29 is 4.39 Å². The van der Waals surface area contributed by atoms with Crippen molar-refractivity contribution in [3.05, 3.63) is 35.1 Å². The molecule has 1 aromatic rings. The Balaban J connectivity index is 2.17. The van der Waals surface area contributed by atoms with Gasteiger partial charge in [0.05, 0.1) is 11.6 Å². The molecule has 1 N–H and O–H groups in total. The van der Waals surface area contributed by atoms with Gasteiger partial charge in [-0.1, -0.05) is 0 Å². The Morgan fingerprint density at radius 1 is 1.59 bits per heavy atom. The van der Waals surface area contributed by atoms with Crippen LogP contribution in [0.4, 0.5) is 4.39 Å². The third kappa shape index (κ3) is 2.82. The van der Waals surface area contributed by atoms with Gasteiger partial charge in [-0.25, -0.2) is 4.39 Å². The zero-order valence-electron chi connectivity index (χ0n) is 9.91. The Morgan fingerprint density at radius 2 is 2.41 bits per heavy atom. The maximum absolute atomic E-state index is 13.2. The first-order chi connectivity index (χ1) is 8.20. The number of nitrogens with zero attached hydrogens (tertiary/aromatic N) is 2. The van der Waals surface area contributed by atoms with E-state index in [0.29, 0.717) is 18.2 Å². The van der Waals surface area contributed by atoms with Crippen LogP contribution >= 0.6 is 0 Å². The number of halogens is 1. The number of hydrogen-bond donors (Lipinski definition) is 1. The molecule has 1 unspecified atom stereocenters. The average molecular weight is 233 g/mol. The summed E-state index contributed by atoms with van der Waals surface area (Å²) in [7, 11) is 0. The Hall–Kier alpha value is -1.44. The third-order valence-corrected chi connectivity index (χ3v) is 3.20. The molecule has 1 aliphatic heterocycles. The van der Waals surface area contributed by atoms with E-state index in [-0.39, 0.29) is 5.82 Å². The molecule has 3 nitrogen and oxygen atoms in total. The minimum Gasteiger partial charge on any atom is -0.314 e. The highest BCUT2D eigenvalue weighted by Crippen LogP contribution is 2.15. The number of benzene rings is 1. The highest BCUT2D eigenvalue weighted by Gasteiger charge is 2.19. The Kier molecular flexibility index (Phi) is 3.72. The molecule has 2 rings (SSSR count). The van der Waals surface area contributed by atoms with Crippen molar-refractivity contribution in [3.8, 4) is 6.07 Å². The number of piperazine rings is 1. The summed E-state index contributed by atoms with van der Waals surface area (Å²) in [4.78, 5) is 2.27. The van der Waals surface area contributed by atoms with E-state index in [2.05, 4.69) is 23.2 Å². The van der Waals surface area contributed by atoms with Crippen LogP contribution in [0, 0.1) is 17.1 Å². The zero-order valence-corrected chi connectivity index (χ0v) is 9.91. The van der Waals surface area contributed by atoms with E-state index >= 15 is 0 Å². The monoisotopic (exact) mass is 233 g/mol. The predicted molar refractivity (Wildman–Crippen MR) is 63.9 cm³/mol. The van der Waals surface area contributed by atoms with Crippen LogP contribution in [0.25, 0.3) is 0 Å².